The average Bonchev–Trinajstić information content (AvgIpc) is 3.50. The van der Waals surface area contributed by atoms with Gasteiger partial charge in [-0.1, -0.05) is 63.1 Å². The number of hydrogen-bond acceptors (Lipinski definition) is 9. The van der Waals surface area contributed by atoms with Crippen LogP contribution in [0.3, 0.4) is 0 Å². The number of nitrogens with zero attached hydrogens (tertiary/aromatic N) is 2. The molecule has 1 aromatic carbocycles. The number of aliphatic hydroxyl groups excluding tert-OH is 1. The zero-order chi connectivity index (χ0) is 34.2. The normalized spacial score (nSPS) is 19.4. The number of aryl methyl sites for hydroxylation is 1. The molecule has 47 heavy (non-hydrogen) atoms. The Morgan fingerprint density at radius 1 is 1.09 bits per heavy atom. The number of aliphatic hydroxyl groups is 1. The molecule has 13 heteroatoms. The van der Waals surface area contributed by atoms with E-state index in [4.69, 9.17) is 4.74 Å². The number of rotatable bonds is 13. The minimum absolute atomic E-state index is 0.0721. The predicted molar refractivity (Wildman–Crippen MR) is 189 cm³/mol. The smallest absolute Gasteiger partial charge is 0.408 e. The summed E-state index contributed by atoms with van der Waals surface area (Å²) in [6, 6.07) is 4.89. The number of ether oxygens (including phenoxy) is 1. The molecule has 262 valence electrons. The molecular weight excluding hydrogens is 657 g/mol. The molecule has 1 saturated heterocycles. The average molecular weight is 709 g/mol. The topological polar surface area (TPSA) is 140 Å². The van der Waals surface area contributed by atoms with Gasteiger partial charge >= 0.3 is 6.09 Å². The summed E-state index contributed by atoms with van der Waals surface area (Å²) < 4.78 is 32.7. The Morgan fingerprint density at radius 3 is 2.36 bits per heavy atom. The second-order valence-corrected chi connectivity index (χ2v) is 18.8. The molecule has 4 rings (SSSR count). The lowest BCUT2D eigenvalue weighted by Crippen LogP contribution is -2.58. The third-order valence-electron chi connectivity index (χ3n) is 8.68. The van der Waals surface area contributed by atoms with E-state index in [1.54, 1.807) is 56.4 Å². The van der Waals surface area contributed by atoms with E-state index in [9.17, 15) is 23.1 Å². The fourth-order valence-electron chi connectivity index (χ4n) is 6.32. The highest BCUT2D eigenvalue weighted by Crippen LogP contribution is 2.49. The highest BCUT2D eigenvalue weighted by molar-refractivity contribution is 8.18. The first-order chi connectivity index (χ1) is 22.2. The Hall–Kier alpha value is -2.22. The molecule has 2 aliphatic rings. The molecule has 1 saturated carbocycles. The van der Waals surface area contributed by atoms with E-state index < -0.39 is 49.9 Å². The van der Waals surface area contributed by atoms with Gasteiger partial charge in [0.25, 0.3) is 10.0 Å². The van der Waals surface area contributed by atoms with Crippen LogP contribution in [-0.4, -0.2) is 73.9 Å². The molecule has 3 atom stereocenters. The Balaban J connectivity index is 1.60. The molecule has 0 radical (unpaired) electrons. The predicted octanol–water partition coefficient (Wildman–Crippen LogP) is 6.05. The largest absolute Gasteiger partial charge is 0.444 e. The van der Waals surface area contributed by atoms with Gasteiger partial charge < -0.3 is 20.5 Å². The number of imidazole rings is 1. The number of benzene rings is 1. The van der Waals surface area contributed by atoms with E-state index in [-0.39, 0.29) is 11.3 Å². The minimum Gasteiger partial charge on any atom is -0.444 e. The Bertz CT molecular complexity index is 1420. The molecular formula is C34H52N4O6S3. The Kier molecular flexibility index (Phi) is 13.2. The van der Waals surface area contributed by atoms with Crippen LogP contribution in [0.25, 0.3) is 0 Å². The molecule has 2 heterocycles. The van der Waals surface area contributed by atoms with E-state index in [2.05, 4.69) is 22.5 Å². The Morgan fingerprint density at radius 2 is 1.74 bits per heavy atom. The summed E-state index contributed by atoms with van der Waals surface area (Å²) >= 11 is 3.59. The summed E-state index contributed by atoms with van der Waals surface area (Å²) in [4.78, 5) is 31.5. The van der Waals surface area contributed by atoms with Gasteiger partial charge in [-0.25, -0.2) is 22.2 Å². The van der Waals surface area contributed by atoms with E-state index >= 15 is 0 Å². The first-order valence-electron chi connectivity index (χ1n) is 16.8. The first kappa shape index (κ1) is 37.6. The van der Waals surface area contributed by atoms with Crippen molar-refractivity contribution < 1.29 is 27.9 Å². The van der Waals surface area contributed by atoms with Crippen LogP contribution in [0.15, 0.2) is 41.7 Å². The number of nitrogens with one attached hydrogen (secondary N) is 2. The van der Waals surface area contributed by atoms with Gasteiger partial charge in [-0.05, 0) is 76.5 Å². The van der Waals surface area contributed by atoms with Crippen LogP contribution in [0, 0.1) is 12.8 Å². The third kappa shape index (κ3) is 10.4. The van der Waals surface area contributed by atoms with Crippen molar-refractivity contribution >= 4 is 45.5 Å². The summed E-state index contributed by atoms with van der Waals surface area (Å²) in [7, 11) is -3.91. The van der Waals surface area contributed by atoms with Crippen molar-refractivity contribution in [2.45, 2.75) is 132 Å². The van der Waals surface area contributed by atoms with E-state index in [1.165, 1.54) is 31.1 Å². The van der Waals surface area contributed by atoms with Crippen molar-refractivity contribution in [1.82, 2.24) is 19.6 Å². The molecule has 2 fully saturated rings. The van der Waals surface area contributed by atoms with Gasteiger partial charge in [-0.3, -0.25) is 4.79 Å². The molecule has 0 unspecified atom stereocenters. The molecule has 1 aromatic heterocycles. The molecule has 0 bridgehead atoms. The van der Waals surface area contributed by atoms with Crippen molar-refractivity contribution in [3.63, 3.8) is 0 Å². The van der Waals surface area contributed by atoms with Crippen LogP contribution in [0.4, 0.5) is 4.79 Å². The third-order valence-corrected chi connectivity index (χ3v) is 13.9. The van der Waals surface area contributed by atoms with Crippen LogP contribution in [0.1, 0.15) is 96.7 Å². The number of aromatic nitrogens is 2. The molecule has 10 nitrogen and oxygen atoms in total. The van der Waals surface area contributed by atoms with Gasteiger partial charge in [0.2, 0.25) is 5.91 Å². The number of thioether (sulfide) groups is 2. The summed E-state index contributed by atoms with van der Waals surface area (Å²) in [5, 5.41) is 17.9. The Labute approximate surface area is 289 Å². The summed E-state index contributed by atoms with van der Waals surface area (Å²) in [5.74, 6) is 1.85. The van der Waals surface area contributed by atoms with Gasteiger partial charge in [0.15, 0.2) is 0 Å². The second-order valence-electron chi connectivity index (χ2n) is 13.8. The zero-order valence-electron chi connectivity index (χ0n) is 28.4. The summed E-state index contributed by atoms with van der Waals surface area (Å²) in [6.45, 7) is 9.22. The lowest BCUT2D eigenvalue weighted by Gasteiger charge is -2.44. The van der Waals surface area contributed by atoms with Gasteiger partial charge in [-0.15, -0.1) is 23.5 Å². The highest BCUT2D eigenvalue weighted by atomic mass is 32.2. The second kappa shape index (κ2) is 16.5. The molecule has 2 aromatic rings. The summed E-state index contributed by atoms with van der Waals surface area (Å²) in [6.07, 6.45) is 10.0. The van der Waals surface area contributed by atoms with Crippen molar-refractivity contribution in [2.75, 3.05) is 11.5 Å². The van der Waals surface area contributed by atoms with Gasteiger partial charge in [-0.2, -0.15) is 0 Å². The fraction of sp³-hybridized carbons (Fsp3) is 0.676. The van der Waals surface area contributed by atoms with Crippen LogP contribution >= 0.6 is 23.5 Å². The maximum Gasteiger partial charge on any atom is 0.408 e. The molecule has 0 spiro atoms. The van der Waals surface area contributed by atoms with Crippen molar-refractivity contribution in [1.29, 1.82) is 0 Å². The SMILES string of the molecule is CCCC1([C@H](O)[C@H](CC2CCCCC2)NC(=O)[C@H](Cc2cn(S(=O)(=O)c3ccc(C)cc3)cn2)NC(=O)OC(C)(C)C)SCCCS1. The van der Waals surface area contributed by atoms with E-state index in [1.807, 2.05) is 6.92 Å². The van der Waals surface area contributed by atoms with Gasteiger partial charge in [0.1, 0.15) is 18.0 Å². The van der Waals surface area contributed by atoms with Gasteiger partial charge in [0.05, 0.1) is 26.8 Å². The highest BCUT2D eigenvalue weighted by Gasteiger charge is 2.45. The maximum absolute atomic E-state index is 14.1. The quantitative estimate of drug-likeness (QED) is 0.227. The molecule has 1 aliphatic carbocycles. The van der Waals surface area contributed by atoms with Gasteiger partial charge in [0, 0.05) is 12.6 Å². The minimum atomic E-state index is -3.91. The maximum atomic E-state index is 14.1. The fourth-order valence-corrected chi connectivity index (χ4v) is 11.1. The number of alkyl carbamates (subject to hydrolysis) is 1. The monoisotopic (exact) mass is 708 g/mol. The zero-order valence-corrected chi connectivity index (χ0v) is 30.8. The first-order valence-corrected chi connectivity index (χ1v) is 20.2. The number of carbonyl (C=O) groups excluding carboxylic acids is 2. The molecule has 2 amide bonds. The van der Waals surface area contributed by atoms with E-state index in [0.29, 0.717) is 18.0 Å². The van der Waals surface area contributed by atoms with Crippen LogP contribution in [-0.2, 0) is 26.0 Å². The number of amides is 2. The number of hydrogen-bond donors (Lipinski definition) is 3. The van der Waals surface area contributed by atoms with E-state index in [0.717, 1.165) is 66.0 Å². The molecule has 3 N–H and O–H groups in total. The lowest BCUT2D eigenvalue weighted by molar-refractivity contribution is -0.125. The lowest BCUT2D eigenvalue weighted by atomic mass is 9.83. The standard InChI is InChI=1S/C34H52N4O6S3/c1-6-17-34(45-18-10-19-46-34)30(39)28(20-25-11-8-7-9-12-25)36-31(40)29(37-32(41)44-33(3,4)5)21-26-22-38(23-35-26)47(42,43)27-15-13-24(2)14-16-27/h13-16,22-23,25,28-30,39H,6-12,17-21H2,1-5H3,(H,36,40)(H,37,41)/t28-,29-,30+/m0/s1. The summed E-state index contributed by atoms with van der Waals surface area (Å²) in [5.41, 5.74) is 0.448. The van der Waals surface area contributed by atoms with Crippen molar-refractivity contribution in [3.05, 3.63) is 48.0 Å². The van der Waals surface area contributed by atoms with Crippen molar-refractivity contribution in [3.8, 4) is 0 Å². The van der Waals surface area contributed by atoms with Crippen LogP contribution < -0.4 is 10.6 Å². The van der Waals surface area contributed by atoms with Crippen molar-refractivity contribution in [2.24, 2.45) is 5.92 Å². The molecule has 1 aliphatic heterocycles. The number of carbonyl (C=O) groups is 2. The van der Waals surface area contributed by atoms with Crippen LogP contribution in [0.2, 0.25) is 0 Å². The van der Waals surface area contributed by atoms with Crippen LogP contribution in [0.5, 0.6) is 0 Å².